The molecule has 1 N–H and O–H groups in total. The summed E-state index contributed by atoms with van der Waals surface area (Å²) in [6.07, 6.45) is 1.81. The topological polar surface area (TPSA) is 47.6 Å². The Hall–Kier alpha value is -2.31. The summed E-state index contributed by atoms with van der Waals surface area (Å²) in [4.78, 5) is 12.2. The van der Waals surface area contributed by atoms with E-state index in [0.29, 0.717) is 22.4 Å². The lowest BCUT2D eigenvalue weighted by Crippen LogP contribution is -2.17. The van der Waals surface area contributed by atoms with E-state index in [9.17, 15) is 4.79 Å². The highest BCUT2D eigenvalue weighted by Crippen LogP contribution is 2.26. The van der Waals surface area contributed by atoms with Gasteiger partial charge in [0.1, 0.15) is 29.0 Å². The lowest BCUT2D eigenvalue weighted by molar-refractivity contribution is -0.115. The zero-order chi connectivity index (χ0) is 17.6. The second kappa shape index (κ2) is 8.18. The molecule has 0 aliphatic carbocycles. The van der Waals surface area contributed by atoms with E-state index in [4.69, 9.17) is 21.7 Å². The molecule has 0 atom stereocenters. The van der Waals surface area contributed by atoms with Gasteiger partial charge < -0.3 is 14.8 Å². The fraction of sp³-hybridized carbons (Fsp3) is 0.158. The molecular formula is C19H17NO3S2. The van der Waals surface area contributed by atoms with Gasteiger partial charge in [0.15, 0.2) is 0 Å². The van der Waals surface area contributed by atoms with Crippen molar-refractivity contribution in [2.24, 2.45) is 0 Å². The van der Waals surface area contributed by atoms with Gasteiger partial charge in [-0.1, -0.05) is 48.2 Å². The summed E-state index contributed by atoms with van der Waals surface area (Å²) in [7, 11) is 0. The van der Waals surface area contributed by atoms with Crippen LogP contribution in [-0.4, -0.2) is 23.4 Å². The molecule has 0 aromatic heterocycles. The first-order valence-corrected chi connectivity index (χ1v) is 9.00. The van der Waals surface area contributed by atoms with Gasteiger partial charge in [0, 0.05) is 0 Å². The number of aryl methyl sites for hydroxylation is 1. The van der Waals surface area contributed by atoms with Gasteiger partial charge in [-0.2, -0.15) is 0 Å². The van der Waals surface area contributed by atoms with Gasteiger partial charge in [-0.15, -0.1) is 0 Å². The predicted molar refractivity (Wildman–Crippen MR) is 105 cm³/mol. The SMILES string of the molecule is Cc1cccc(OCCOc2ccc(/C=C3/SC(=S)NC3=O)cc2)c1. The smallest absolute Gasteiger partial charge is 0.263 e. The van der Waals surface area contributed by atoms with Crippen LogP contribution in [0.5, 0.6) is 11.5 Å². The number of hydrogen-bond donors (Lipinski definition) is 1. The van der Waals surface area contributed by atoms with E-state index < -0.39 is 0 Å². The molecule has 3 rings (SSSR count). The number of nitrogens with one attached hydrogen (secondary N) is 1. The number of carbonyl (C=O) groups is 1. The molecule has 1 saturated heterocycles. The van der Waals surface area contributed by atoms with Crippen LogP contribution in [0.15, 0.2) is 53.4 Å². The van der Waals surface area contributed by atoms with Gasteiger partial charge in [0.05, 0.1) is 4.91 Å². The van der Waals surface area contributed by atoms with Crippen LogP contribution < -0.4 is 14.8 Å². The molecular weight excluding hydrogens is 354 g/mol. The van der Waals surface area contributed by atoms with Gasteiger partial charge in [0.2, 0.25) is 0 Å². The molecule has 2 aromatic carbocycles. The molecule has 1 heterocycles. The number of amides is 1. The summed E-state index contributed by atoms with van der Waals surface area (Å²) in [6, 6.07) is 15.5. The van der Waals surface area contributed by atoms with Crippen molar-refractivity contribution in [1.82, 2.24) is 5.32 Å². The maximum atomic E-state index is 11.6. The summed E-state index contributed by atoms with van der Waals surface area (Å²) >= 11 is 6.24. The van der Waals surface area contributed by atoms with Crippen LogP contribution in [0.3, 0.4) is 0 Å². The standard InChI is InChI=1S/C19H17NO3S2/c1-13-3-2-4-16(11-13)23-10-9-22-15-7-5-14(6-8-15)12-17-18(21)20-19(24)25-17/h2-8,11-12H,9-10H2,1H3,(H,20,21,24)/b17-12+. The molecule has 0 radical (unpaired) electrons. The summed E-state index contributed by atoms with van der Waals surface area (Å²) in [5.41, 5.74) is 2.09. The van der Waals surface area contributed by atoms with E-state index in [0.717, 1.165) is 22.6 Å². The minimum absolute atomic E-state index is 0.149. The fourth-order valence-electron chi connectivity index (χ4n) is 2.26. The number of benzene rings is 2. The number of ether oxygens (including phenoxy) is 2. The predicted octanol–water partition coefficient (Wildman–Crippen LogP) is 3.94. The van der Waals surface area contributed by atoms with Crippen LogP contribution in [0, 0.1) is 6.92 Å². The number of thiocarbonyl (C=S) groups is 1. The number of carbonyl (C=O) groups excluding carboxylic acids is 1. The highest BCUT2D eigenvalue weighted by Gasteiger charge is 2.21. The first-order chi connectivity index (χ1) is 12.1. The van der Waals surface area contributed by atoms with Crippen molar-refractivity contribution in [1.29, 1.82) is 0 Å². The number of hydrogen-bond acceptors (Lipinski definition) is 5. The molecule has 0 spiro atoms. The third-order valence-corrected chi connectivity index (χ3v) is 4.59. The van der Waals surface area contributed by atoms with Crippen molar-refractivity contribution in [2.75, 3.05) is 13.2 Å². The highest BCUT2D eigenvalue weighted by atomic mass is 32.2. The maximum absolute atomic E-state index is 11.6. The molecule has 0 saturated carbocycles. The summed E-state index contributed by atoms with van der Waals surface area (Å²) in [5, 5.41) is 2.60. The monoisotopic (exact) mass is 371 g/mol. The zero-order valence-corrected chi connectivity index (χ0v) is 15.3. The summed E-state index contributed by atoms with van der Waals surface area (Å²) in [6.45, 7) is 2.96. The van der Waals surface area contributed by atoms with Gasteiger partial charge in [-0.05, 0) is 48.4 Å². The Morgan fingerprint density at radius 3 is 2.44 bits per heavy atom. The van der Waals surface area contributed by atoms with E-state index in [-0.39, 0.29) is 5.91 Å². The third-order valence-electron chi connectivity index (χ3n) is 3.43. The van der Waals surface area contributed by atoms with Crippen LogP contribution in [0.4, 0.5) is 0 Å². The first-order valence-electron chi connectivity index (χ1n) is 7.77. The molecule has 128 valence electrons. The van der Waals surface area contributed by atoms with E-state index in [1.807, 2.05) is 61.5 Å². The minimum atomic E-state index is -0.149. The van der Waals surface area contributed by atoms with Crippen LogP contribution >= 0.6 is 24.0 Å². The average molecular weight is 371 g/mol. The molecule has 2 aromatic rings. The van der Waals surface area contributed by atoms with Crippen molar-refractivity contribution in [3.63, 3.8) is 0 Å². The molecule has 0 unspecified atom stereocenters. The molecule has 1 amide bonds. The van der Waals surface area contributed by atoms with Crippen molar-refractivity contribution < 1.29 is 14.3 Å². The van der Waals surface area contributed by atoms with Crippen LogP contribution in [0.1, 0.15) is 11.1 Å². The molecule has 1 aliphatic heterocycles. The van der Waals surface area contributed by atoms with Crippen molar-refractivity contribution >= 4 is 40.3 Å². The Kier molecular flexibility index (Phi) is 5.73. The van der Waals surface area contributed by atoms with Crippen LogP contribution in [-0.2, 0) is 4.79 Å². The zero-order valence-electron chi connectivity index (χ0n) is 13.7. The lowest BCUT2D eigenvalue weighted by Gasteiger charge is -2.09. The number of thioether (sulfide) groups is 1. The van der Waals surface area contributed by atoms with Crippen LogP contribution in [0.25, 0.3) is 6.08 Å². The van der Waals surface area contributed by atoms with E-state index in [2.05, 4.69) is 5.32 Å². The Balaban J connectivity index is 1.49. The third kappa shape index (κ3) is 5.08. The second-order valence-corrected chi connectivity index (χ2v) is 7.15. The van der Waals surface area contributed by atoms with Crippen molar-refractivity contribution in [2.45, 2.75) is 6.92 Å². The van der Waals surface area contributed by atoms with Crippen LogP contribution in [0.2, 0.25) is 0 Å². The van der Waals surface area contributed by atoms with Gasteiger partial charge in [-0.3, -0.25) is 4.79 Å². The first kappa shape index (κ1) is 17.5. The fourth-order valence-corrected chi connectivity index (χ4v) is 3.30. The molecule has 1 aliphatic rings. The molecule has 0 bridgehead atoms. The Morgan fingerprint density at radius 1 is 1.08 bits per heavy atom. The van der Waals surface area contributed by atoms with Gasteiger partial charge in [0.25, 0.3) is 5.91 Å². The maximum Gasteiger partial charge on any atom is 0.263 e. The summed E-state index contributed by atoms with van der Waals surface area (Å²) < 4.78 is 11.8. The molecule has 4 nitrogen and oxygen atoms in total. The van der Waals surface area contributed by atoms with E-state index in [1.165, 1.54) is 11.8 Å². The molecule has 6 heteroatoms. The van der Waals surface area contributed by atoms with E-state index in [1.54, 1.807) is 0 Å². The van der Waals surface area contributed by atoms with Crippen molar-refractivity contribution in [3.05, 3.63) is 64.6 Å². The summed E-state index contributed by atoms with van der Waals surface area (Å²) in [5.74, 6) is 1.45. The van der Waals surface area contributed by atoms with Gasteiger partial charge in [-0.25, -0.2) is 0 Å². The lowest BCUT2D eigenvalue weighted by atomic mass is 10.2. The Labute approximate surface area is 156 Å². The normalized spacial score (nSPS) is 15.3. The van der Waals surface area contributed by atoms with E-state index >= 15 is 0 Å². The average Bonchev–Trinajstić information content (AvgIpc) is 2.90. The highest BCUT2D eigenvalue weighted by molar-refractivity contribution is 8.26. The number of rotatable bonds is 6. The van der Waals surface area contributed by atoms with Crippen molar-refractivity contribution in [3.8, 4) is 11.5 Å². The second-order valence-electron chi connectivity index (χ2n) is 5.43. The Morgan fingerprint density at radius 2 is 1.80 bits per heavy atom. The largest absolute Gasteiger partial charge is 0.490 e. The molecule has 1 fully saturated rings. The van der Waals surface area contributed by atoms with Gasteiger partial charge >= 0.3 is 0 Å². The Bertz CT molecular complexity index is 816. The molecule has 25 heavy (non-hydrogen) atoms. The minimum Gasteiger partial charge on any atom is -0.490 e. The quantitative estimate of drug-likeness (QED) is 0.473.